The summed E-state index contributed by atoms with van der Waals surface area (Å²) in [7, 11) is 0. The van der Waals surface area contributed by atoms with Crippen LogP contribution in [0.1, 0.15) is 66.9 Å². The molecule has 1 unspecified atom stereocenters. The average molecular weight is 726 g/mol. The van der Waals surface area contributed by atoms with Crippen molar-refractivity contribution in [2.75, 3.05) is 18.9 Å². The second kappa shape index (κ2) is 16.7. The first kappa shape index (κ1) is 37.1. The number of hydrogen-bond acceptors (Lipinski definition) is 7. The summed E-state index contributed by atoms with van der Waals surface area (Å²) in [6.07, 6.45) is 4.67. The van der Waals surface area contributed by atoms with Crippen molar-refractivity contribution in [2.45, 2.75) is 68.4 Å². The standard InChI is InChI=1S/C37H41ClFN3O7S/c1-22-17-24(7-16-29(22)38)31(43)21-50-34-35(46)42-37(34,25-8-12-27(39)13-9-25)26-10-14-28(15-11-26)49-20-33(45)40-19-32(44)41-30(36(47)48)18-23-5-3-2-4-6-23/h7-17,23,30-31,34,43H,2-6,18-21H2,1H3,(H,40,45)(H,41,44)(H,42,46)(H,47,48)/t30-,31?,34+,37+/m1/s1. The first-order valence-corrected chi connectivity index (χ1v) is 18.0. The van der Waals surface area contributed by atoms with E-state index in [2.05, 4.69) is 16.0 Å². The summed E-state index contributed by atoms with van der Waals surface area (Å²) in [5.74, 6) is -2.09. The van der Waals surface area contributed by atoms with Crippen LogP contribution in [-0.2, 0) is 24.7 Å². The summed E-state index contributed by atoms with van der Waals surface area (Å²) in [4.78, 5) is 49.6. The van der Waals surface area contributed by atoms with Crippen molar-refractivity contribution in [1.29, 1.82) is 0 Å². The number of aliphatic hydroxyl groups excluding tert-OH is 1. The van der Waals surface area contributed by atoms with Gasteiger partial charge in [-0.2, -0.15) is 0 Å². The number of thioether (sulfide) groups is 1. The van der Waals surface area contributed by atoms with Crippen molar-refractivity contribution in [3.8, 4) is 5.75 Å². The van der Waals surface area contributed by atoms with Crippen LogP contribution in [0, 0.1) is 18.7 Å². The topological polar surface area (TPSA) is 154 Å². The summed E-state index contributed by atoms with van der Waals surface area (Å²) in [5.41, 5.74) is 1.82. The number of aliphatic hydroxyl groups is 1. The number of carbonyl (C=O) groups is 4. The Labute approximate surface area is 299 Å². The molecule has 266 valence electrons. The van der Waals surface area contributed by atoms with Crippen LogP contribution < -0.4 is 20.7 Å². The molecule has 2 aliphatic rings. The minimum atomic E-state index is -1.10. The number of carboxylic acids is 1. The van der Waals surface area contributed by atoms with Gasteiger partial charge in [0.05, 0.1) is 12.6 Å². The summed E-state index contributed by atoms with van der Waals surface area (Å²) >= 11 is 7.43. The molecule has 1 aliphatic carbocycles. The fourth-order valence-electron chi connectivity index (χ4n) is 6.55. The SMILES string of the molecule is Cc1cc(C(O)CS[C@H]2C(=O)N[C@@]2(c2ccc(F)cc2)c2ccc(OCC(=O)NCC(=O)N[C@H](CC3CCCCC3)C(=O)O)cc2)ccc1Cl. The number of carbonyl (C=O) groups excluding carboxylic acids is 3. The Hall–Kier alpha value is -4.13. The van der Waals surface area contributed by atoms with Gasteiger partial charge in [0.15, 0.2) is 6.61 Å². The van der Waals surface area contributed by atoms with E-state index in [4.69, 9.17) is 16.3 Å². The van der Waals surface area contributed by atoms with Gasteiger partial charge in [-0.3, -0.25) is 14.4 Å². The van der Waals surface area contributed by atoms with E-state index in [1.807, 2.05) is 13.0 Å². The number of nitrogens with one attached hydrogen (secondary N) is 3. The molecule has 0 spiro atoms. The molecule has 1 saturated heterocycles. The van der Waals surface area contributed by atoms with Gasteiger partial charge in [-0.1, -0.05) is 80.1 Å². The van der Waals surface area contributed by atoms with Crippen LogP contribution in [0.15, 0.2) is 66.7 Å². The van der Waals surface area contributed by atoms with Gasteiger partial charge in [-0.25, -0.2) is 9.18 Å². The summed E-state index contributed by atoms with van der Waals surface area (Å²) in [6.45, 7) is 1.07. The minimum absolute atomic E-state index is 0.216. The Kier molecular flexibility index (Phi) is 12.4. The number of aryl methyl sites for hydroxylation is 1. The number of rotatable bonds is 15. The highest BCUT2D eigenvalue weighted by atomic mass is 35.5. The molecule has 0 bridgehead atoms. The number of hydrogen-bond donors (Lipinski definition) is 5. The molecule has 2 fully saturated rings. The predicted octanol–water partition coefficient (Wildman–Crippen LogP) is 5.03. The first-order valence-electron chi connectivity index (χ1n) is 16.6. The number of ether oxygens (including phenoxy) is 1. The van der Waals surface area contributed by atoms with E-state index in [0.29, 0.717) is 33.9 Å². The maximum Gasteiger partial charge on any atom is 0.326 e. The van der Waals surface area contributed by atoms with E-state index in [9.17, 15) is 33.8 Å². The van der Waals surface area contributed by atoms with Crippen LogP contribution >= 0.6 is 23.4 Å². The van der Waals surface area contributed by atoms with Gasteiger partial charge in [0, 0.05) is 10.8 Å². The predicted molar refractivity (Wildman–Crippen MR) is 188 cm³/mol. The molecule has 13 heteroatoms. The fourth-order valence-corrected chi connectivity index (χ4v) is 8.02. The molecule has 3 aromatic rings. The van der Waals surface area contributed by atoms with Crippen LogP contribution in [0.4, 0.5) is 4.39 Å². The molecule has 1 heterocycles. The van der Waals surface area contributed by atoms with Gasteiger partial charge in [-0.15, -0.1) is 11.8 Å². The van der Waals surface area contributed by atoms with Crippen molar-refractivity contribution >= 4 is 47.1 Å². The molecule has 50 heavy (non-hydrogen) atoms. The summed E-state index contributed by atoms with van der Waals surface area (Å²) in [5, 5.41) is 28.4. The van der Waals surface area contributed by atoms with Crippen LogP contribution in [-0.4, -0.2) is 64.1 Å². The van der Waals surface area contributed by atoms with Crippen molar-refractivity contribution in [2.24, 2.45) is 5.92 Å². The molecule has 1 saturated carbocycles. The van der Waals surface area contributed by atoms with Gasteiger partial charge in [-0.05, 0) is 71.8 Å². The Morgan fingerprint density at radius 1 is 1.02 bits per heavy atom. The quantitative estimate of drug-likeness (QED) is 0.137. The molecule has 3 aromatic carbocycles. The number of benzene rings is 3. The Morgan fingerprint density at radius 2 is 1.68 bits per heavy atom. The van der Waals surface area contributed by atoms with Crippen LogP contribution in [0.3, 0.4) is 0 Å². The van der Waals surface area contributed by atoms with Crippen molar-refractivity contribution in [3.63, 3.8) is 0 Å². The third-order valence-corrected chi connectivity index (χ3v) is 11.1. The van der Waals surface area contributed by atoms with E-state index in [0.717, 1.165) is 37.7 Å². The van der Waals surface area contributed by atoms with E-state index >= 15 is 0 Å². The Bertz CT molecular complexity index is 1690. The van der Waals surface area contributed by atoms with E-state index in [1.165, 1.54) is 23.9 Å². The number of aliphatic carboxylic acids is 1. The molecule has 0 radical (unpaired) electrons. The van der Waals surface area contributed by atoms with E-state index < -0.39 is 53.1 Å². The van der Waals surface area contributed by atoms with Crippen LogP contribution in [0.5, 0.6) is 5.75 Å². The zero-order valence-corrected chi connectivity index (χ0v) is 29.2. The van der Waals surface area contributed by atoms with Gasteiger partial charge < -0.3 is 30.9 Å². The van der Waals surface area contributed by atoms with Crippen molar-refractivity contribution < 1.29 is 38.5 Å². The van der Waals surface area contributed by atoms with Gasteiger partial charge in [0.2, 0.25) is 11.8 Å². The minimum Gasteiger partial charge on any atom is -0.484 e. The lowest BCUT2D eigenvalue weighted by atomic mass is 9.74. The van der Waals surface area contributed by atoms with Crippen LogP contribution in [0.25, 0.3) is 0 Å². The highest BCUT2D eigenvalue weighted by molar-refractivity contribution is 8.00. The second-order valence-corrected chi connectivity index (χ2v) is 14.4. The number of amides is 3. The number of halogens is 2. The second-order valence-electron chi connectivity index (χ2n) is 12.8. The molecule has 3 amide bonds. The van der Waals surface area contributed by atoms with Gasteiger partial charge >= 0.3 is 5.97 Å². The Morgan fingerprint density at radius 3 is 2.30 bits per heavy atom. The average Bonchev–Trinajstić information content (AvgIpc) is 3.10. The van der Waals surface area contributed by atoms with Gasteiger partial charge in [0.1, 0.15) is 28.4 Å². The Balaban J connectivity index is 1.19. The molecular formula is C37H41ClFN3O7S. The third-order valence-electron chi connectivity index (χ3n) is 9.29. The highest BCUT2D eigenvalue weighted by Gasteiger charge is 2.56. The summed E-state index contributed by atoms with van der Waals surface area (Å²) < 4.78 is 19.6. The lowest BCUT2D eigenvalue weighted by molar-refractivity contribution is -0.142. The molecule has 0 aromatic heterocycles. The zero-order valence-electron chi connectivity index (χ0n) is 27.6. The monoisotopic (exact) mass is 725 g/mol. The molecule has 10 nitrogen and oxygen atoms in total. The normalized spacial score (nSPS) is 20.2. The van der Waals surface area contributed by atoms with Crippen molar-refractivity contribution in [1.82, 2.24) is 16.0 Å². The smallest absolute Gasteiger partial charge is 0.326 e. The lowest BCUT2D eigenvalue weighted by Crippen LogP contribution is -2.69. The van der Waals surface area contributed by atoms with Crippen molar-refractivity contribution in [3.05, 3.63) is 99.8 Å². The number of β-lactam (4-membered cyclic amide) rings is 1. The van der Waals surface area contributed by atoms with Crippen LogP contribution in [0.2, 0.25) is 5.02 Å². The third kappa shape index (κ3) is 8.96. The maximum atomic E-state index is 13.9. The largest absolute Gasteiger partial charge is 0.484 e. The first-order chi connectivity index (χ1) is 24.0. The van der Waals surface area contributed by atoms with E-state index in [-0.39, 0.29) is 24.1 Å². The highest BCUT2D eigenvalue weighted by Crippen LogP contribution is 2.46. The number of carboxylic acid groups (broad SMARTS) is 1. The summed E-state index contributed by atoms with van der Waals surface area (Å²) in [6, 6.07) is 16.9. The molecule has 5 rings (SSSR count). The lowest BCUT2D eigenvalue weighted by Gasteiger charge is -2.50. The fraction of sp³-hybridized carbons (Fsp3) is 0.405. The molecular weight excluding hydrogens is 685 g/mol. The molecule has 1 aliphatic heterocycles. The van der Waals surface area contributed by atoms with Gasteiger partial charge in [0.25, 0.3) is 5.91 Å². The van der Waals surface area contributed by atoms with E-state index in [1.54, 1.807) is 48.5 Å². The molecule has 5 N–H and O–H groups in total. The zero-order chi connectivity index (χ0) is 35.8. The maximum absolute atomic E-state index is 13.9. The molecule has 4 atom stereocenters.